The van der Waals surface area contributed by atoms with Crippen LogP contribution >= 0.6 is 11.8 Å². The van der Waals surface area contributed by atoms with Crippen LogP contribution in [0.5, 0.6) is 0 Å². The predicted molar refractivity (Wildman–Crippen MR) is 92.1 cm³/mol. The molecular weight excluding hydrogens is 424 g/mol. The largest absolute Gasteiger partial charge is 0.410 e. The van der Waals surface area contributed by atoms with Gasteiger partial charge in [-0.05, 0) is 17.9 Å². The molecule has 148 valence electrons. The summed E-state index contributed by atoms with van der Waals surface area (Å²) in [5.41, 5.74) is -1.06. The lowest BCUT2D eigenvalue weighted by Gasteiger charge is -2.08. The van der Waals surface area contributed by atoms with Crippen molar-refractivity contribution in [2.75, 3.05) is 12.9 Å². The van der Waals surface area contributed by atoms with Gasteiger partial charge in [-0.2, -0.15) is 8.42 Å². The minimum Gasteiger partial charge on any atom is -0.410 e. The Morgan fingerprint density at radius 1 is 1.37 bits per heavy atom. The molecule has 13 nitrogen and oxygen atoms in total. The first-order valence-corrected chi connectivity index (χ1v) is 11.0. The third kappa shape index (κ3) is 4.29. The molecule has 2 heterocycles. The highest BCUT2D eigenvalue weighted by Gasteiger charge is 2.29. The number of hydrogen-bond donors (Lipinski definition) is 2. The Hall–Kier alpha value is -2.43. The lowest BCUT2D eigenvalue weighted by Crippen LogP contribution is -2.42. The van der Waals surface area contributed by atoms with Crippen LogP contribution in [0.3, 0.4) is 0 Å². The van der Waals surface area contributed by atoms with E-state index >= 15 is 0 Å². The molecule has 1 amide bonds. The van der Waals surface area contributed by atoms with Gasteiger partial charge in [0, 0.05) is 6.20 Å². The first-order chi connectivity index (χ1) is 12.5. The molecule has 2 aromatic heterocycles. The number of nitrogens with two attached hydrogens (primary N) is 1. The van der Waals surface area contributed by atoms with E-state index in [1.165, 1.54) is 4.72 Å². The van der Waals surface area contributed by atoms with Crippen molar-refractivity contribution in [3.63, 3.8) is 0 Å². The van der Waals surface area contributed by atoms with Crippen molar-refractivity contribution in [3.8, 4) is 0 Å². The number of aromatic nitrogens is 4. The number of carbonyl (C=O) groups excluding carboxylic acids is 1. The van der Waals surface area contributed by atoms with Gasteiger partial charge >= 0.3 is 11.7 Å². The van der Waals surface area contributed by atoms with E-state index in [9.17, 15) is 26.4 Å². The zero-order chi connectivity index (χ0) is 20.4. The van der Waals surface area contributed by atoms with E-state index in [4.69, 9.17) is 9.98 Å². The fourth-order valence-corrected chi connectivity index (χ4v) is 4.70. The number of thioether (sulfide) groups is 1. The molecule has 0 saturated heterocycles. The standard InChI is InChI=1S/C11H14N6O7S3/c1-3-25-10-14-16(11(19)17(10)24-2)9(18)15-27(22,23)8-7(26(12,20)21)5-4-6-13-8/h4-6H,3H2,1-2H3,(H,15,18)(H2,12,20,21). The number of hydrogen-bond acceptors (Lipinski definition) is 10. The fraction of sp³-hybridized carbons (Fsp3) is 0.273. The summed E-state index contributed by atoms with van der Waals surface area (Å²) in [4.78, 5) is 31.8. The summed E-state index contributed by atoms with van der Waals surface area (Å²) in [5, 5.41) is 7.66. The second kappa shape index (κ2) is 7.67. The summed E-state index contributed by atoms with van der Waals surface area (Å²) < 4.78 is 50.3. The molecule has 2 rings (SSSR count). The van der Waals surface area contributed by atoms with Gasteiger partial charge in [0.2, 0.25) is 15.2 Å². The number of amides is 1. The molecule has 0 unspecified atom stereocenters. The van der Waals surface area contributed by atoms with Gasteiger partial charge in [0.05, 0.1) is 0 Å². The van der Waals surface area contributed by atoms with Gasteiger partial charge in [0.15, 0.2) is 5.03 Å². The Morgan fingerprint density at radius 2 is 2.04 bits per heavy atom. The molecule has 0 saturated carbocycles. The molecule has 2 aromatic rings. The summed E-state index contributed by atoms with van der Waals surface area (Å²) in [5.74, 6) is 0.491. The number of nitrogens with zero attached hydrogens (tertiary/aromatic N) is 4. The van der Waals surface area contributed by atoms with Crippen LogP contribution in [0.1, 0.15) is 6.92 Å². The van der Waals surface area contributed by atoms with E-state index in [2.05, 4.69) is 10.1 Å². The lowest BCUT2D eigenvalue weighted by molar-refractivity contribution is 0.134. The smallest absolute Gasteiger partial charge is 0.388 e. The summed E-state index contributed by atoms with van der Waals surface area (Å²) in [6.07, 6.45) is 0.996. The van der Waals surface area contributed by atoms with E-state index in [0.717, 1.165) is 37.2 Å². The molecule has 27 heavy (non-hydrogen) atoms. The van der Waals surface area contributed by atoms with Crippen LogP contribution in [0.4, 0.5) is 4.79 Å². The van der Waals surface area contributed by atoms with Crippen molar-refractivity contribution < 1.29 is 26.5 Å². The zero-order valence-electron chi connectivity index (χ0n) is 13.9. The van der Waals surface area contributed by atoms with Crippen molar-refractivity contribution in [1.82, 2.24) is 24.2 Å². The maximum atomic E-state index is 12.4. The van der Waals surface area contributed by atoms with E-state index in [-0.39, 0.29) is 9.84 Å². The highest BCUT2D eigenvalue weighted by molar-refractivity contribution is 7.99. The van der Waals surface area contributed by atoms with E-state index in [1.807, 2.05) is 0 Å². The summed E-state index contributed by atoms with van der Waals surface area (Å²) in [6.45, 7) is 1.76. The first kappa shape index (κ1) is 20.9. The monoisotopic (exact) mass is 438 g/mol. The number of rotatable bonds is 6. The van der Waals surface area contributed by atoms with Crippen LogP contribution in [0.15, 0.2) is 38.2 Å². The van der Waals surface area contributed by atoms with Crippen LogP contribution in [-0.4, -0.2) is 55.2 Å². The van der Waals surface area contributed by atoms with Gasteiger partial charge in [-0.3, -0.25) is 0 Å². The van der Waals surface area contributed by atoms with Crippen LogP contribution in [0.2, 0.25) is 0 Å². The Bertz CT molecular complexity index is 1140. The maximum absolute atomic E-state index is 12.4. The topological polar surface area (TPSA) is 185 Å². The van der Waals surface area contributed by atoms with Gasteiger partial charge in [0.25, 0.3) is 10.0 Å². The normalized spacial score (nSPS) is 12.0. The van der Waals surface area contributed by atoms with Gasteiger partial charge in [-0.25, -0.2) is 32.9 Å². The summed E-state index contributed by atoms with van der Waals surface area (Å²) >= 11 is 1.07. The number of sulfonamides is 2. The van der Waals surface area contributed by atoms with Crippen molar-refractivity contribution in [1.29, 1.82) is 0 Å². The molecule has 16 heteroatoms. The summed E-state index contributed by atoms with van der Waals surface area (Å²) in [7, 11) is -8.07. The maximum Gasteiger partial charge on any atom is 0.388 e. The molecular formula is C11H14N6O7S3. The van der Waals surface area contributed by atoms with Crippen molar-refractivity contribution in [2.45, 2.75) is 22.0 Å². The molecule has 0 aliphatic carbocycles. The molecule has 0 aromatic carbocycles. The Kier molecular flexibility index (Phi) is 5.93. The minimum absolute atomic E-state index is 0.0145. The van der Waals surface area contributed by atoms with Crippen molar-refractivity contribution in [3.05, 3.63) is 28.8 Å². The molecule has 0 aliphatic heterocycles. The van der Waals surface area contributed by atoms with Crippen LogP contribution < -0.4 is 20.4 Å². The van der Waals surface area contributed by atoms with E-state index in [0.29, 0.717) is 10.5 Å². The van der Waals surface area contributed by atoms with Crippen molar-refractivity contribution >= 4 is 37.8 Å². The second-order valence-corrected chi connectivity index (χ2v) is 9.01. The average Bonchev–Trinajstić information content (AvgIpc) is 2.90. The van der Waals surface area contributed by atoms with Crippen LogP contribution in [0.25, 0.3) is 0 Å². The number of pyridine rings is 1. The quantitative estimate of drug-likeness (QED) is 0.488. The molecule has 0 bridgehead atoms. The molecule has 0 aliphatic rings. The predicted octanol–water partition coefficient (Wildman–Crippen LogP) is -1.80. The highest BCUT2D eigenvalue weighted by Crippen LogP contribution is 2.16. The number of carbonyl (C=O) groups is 1. The zero-order valence-corrected chi connectivity index (χ0v) is 16.3. The summed E-state index contributed by atoms with van der Waals surface area (Å²) in [6, 6.07) is 0.600. The molecule has 0 spiro atoms. The molecule has 0 atom stereocenters. The Labute approximate surface area is 157 Å². The number of primary sulfonamides is 1. The second-order valence-electron chi connectivity index (χ2n) is 4.65. The molecule has 3 N–H and O–H groups in total. The van der Waals surface area contributed by atoms with Gasteiger partial charge in [-0.1, -0.05) is 18.7 Å². The average molecular weight is 438 g/mol. The first-order valence-electron chi connectivity index (χ1n) is 6.97. The fourth-order valence-electron chi connectivity index (χ4n) is 1.84. The lowest BCUT2D eigenvalue weighted by atomic mass is 10.5. The van der Waals surface area contributed by atoms with Crippen LogP contribution in [0, 0.1) is 0 Å². The van der Waals surface area contributed by atoms with Crippen LogP contribution in [-0.2, 0) is 20.0 Å². The van der Waals surface area contributed by atoms with Gasteiger partial charge < -0.3 is 4.84 Å². The number of nitrogens with one attached hydrogen (secondary N) is 1. The molecule has 0 radical (unpaired) electrons. The van der Waals surface area contributed by atoms with Gasteiger partial charge in [-0.15, -0.1) is 14.5 Å². The van der Waals surface area contributed by atoms with Gasteiger partial charge in [0.1, 0.15) is 12.0 Å². The molecule has 0 fully saturated rings. The third-order valence-corrected chi connectivity index (χ3v) is 6.03. The minimum atomic E-state index is -4.79. The highest BCUT2D eigenvalue weighted by atomic mass is 32.2. The van der Waals surface area contributed by atoms with E-state index < -0.39 is 41.7 Å². The van der Waals surface area contributed by atoms with E-state index in [1.54, 1.807) is 6.92 Å². The Morgan fingerprint density at radius 3 is 2.59 bits per heavy atom. The third-order valence-electron chi connectivity index (χ3n) is 2.88. The Balaban J connectivity index is 2.46. The van der Waals surface area contributed by atoms with Crippen molar-refractivity contribution in [2.24, 2.45) is 5.14 Å². The SMILES string of the molecule is CCSc1nn(C(=O)NS(=O)(=O)c2ncccc2S(N)(=O)=O)c(=O)n1OC.